The van der Waals surface area contributed by atoms with Crippen molar-refractivity contribution in [1.82, 2.24) is 10.3 Å². The SMILES string of the molecule is CCNCc1cnc(N(C)CCOC(C)C)c(C)c1. The fourth-order valence-corrected chi connectivity index (χ4v) is 1.92. The van der Waals surface area contributed by atoms with E-state index in [4.69, 9.17) is 4.74 Å². The molecule has 1 aromatic rings. The van der Waals surface area contributed by atoms with E-state index in [-0.39, 0.29) is 6.10 Å². The van der Waals surface area contributed by atoms with Gasteiger partial charge in [-0.2, -0.15) is 0 Å². The van der Waals surface area contributed by atoms with Crippen LogP contribution in [0, 0.1) is 6.92 Å². The molecule has 0 saturated heterocycles. The molecule has 0 aliphatic heterocycles. The summed E-state index contributed by atoms with van der Waals surface area (Å²) in [5, 5.41) is 3.31. The second kappa shape index (κ2) is 8.12. The second-order valence-corrected chi connectivity index (χ2v) is 5.11. The number of aromatic nitrogens is 1. The number of pyridine rings is 1. The Bertz CT molecular complexity index is 380. The molecule has 0 radical (unpaired) electrons. The van der Waals surface area contributed by atoms with Gasteiger partial charge in [0.05, 0.1) is 12.7 Å². The highest BCUT2D eigenvalue weighted by Gasteiger charge is 2.07. The summed E-state index contributed by atoms with van der Waals surface area (Å²) < 4.78 is 5.57. The number of nitrogens with zero attached hydrogens (tertiary/aromatic N) is 2. The summed E-state index contributed by atoms with van der Waals surface area (Å²) in [6.45, 7) is 11.8. The molecule has 0 aromatic carbocycles. The summed E-state index contributed by atoms with van der Waals surface area (Å²) in [5.74, 6) is 1.03. The molecule has 4 nitrogen and oxygen atoms in total. The smallest absolute Gasteiger partial charge is 0.131 e. The first-order valence-electron chi connectivity index (χ1n) is 7.03. The van der Waals surface area contributed by atoms with Crippen LogP contribution in [0.2, 0.25) is 0 Å². The Labute approximate surface area is 117 Å². The summed E-state index contributed by atoms with van der Waals surface area (Å²) in [5.41, 5.74) is 2.44. The molecule has 1 rings (SSSR count). The van der Waals surface area contributed by atoms with E-state index in [1.54, 1.807) is 0 Å². The number of nitrogens with one attached hydrogen (secondary N) is 1. The average molecular weight is 265 g/mol. The molecule has 0 spiro atoms. The van der Waals surface area contributed by atoms with Gasteiger partial charge in [-0.1, -0.05) is 6.92 Å². The van der Waals surface area contributed by atoms with Gasteiger partial charge in [-0.3, -0.25) is 0 Å². The minimum absolute atomic E-state index is 0.282. The maximum absolute atomic E-state index is 5.57. The van der Waals surface area contributed by atoms with Crippen LogP contribution in [0.1, 0.15) is 31.9 Å². The summed E-state index contributed by atoms with van der Waals surface area (Å²) in [6, 6.07) is 2.20. The normalized spacial score (nSPS) is 11.1. The highest BCUT2D eigenvalue weighted by Crippen LogP contribution is 2.16. The number of hydrogen-bond donors (Lipinski definition) is 1. The Kier molecular flexibility index (Phi) is 6.81. The van der Waals surface area contributed by atoms with Crippen LogP contribution in [-0.4, -0.2) is 37.8 Å². The van der Waals surface area contributed by atoms with Gasteiger partial charge in [-0.25, -0.2) is 4.98 Å². The Hall–Kier alpha value is -1.13. The zero-order valence-electron chi connectivity index (χ0n) is 12.9. The molecule has 19 heavy (non-hydrogen) atoms. The van der Waals surface area contributed by atoms with E-state index < -0.39 is 0 Å². The highest BCUT2D eigenvalue weighted by molar-refractivity contribution is 5.46. The zero-order chi connectivity index (χ0) is 14.3. The van der Waals surface area contributed by atoms with Crippen molar-refractivity contribution in [3.63, 3.8) is 0 Å². The van der Waals surface area contributed by atoms with Crippen molar-refractivity contribution in [3.05, 3.63) is 23.4 Å². The van der Waals surface area contributed by atoms with Gasteiger partial charge in [0.15, 0.2) is 0 Å². The fraction of sp³-hybridized carbons (Fsp3) is 0.667. The molecule has 0 amide bonds. The molecule has 0 saturated carbocycles. The average Bonchev–Trinajstić information content (AvgIpc) is 2.35. The van der Waals surface area contributed by atoms with Crippen molar-refractivity contribution in [2.75, 3.05) is 31.6 Å². The number of likely N-dealkylation sites (N-methyl/N-ethyl adjacent to an activating group) is 1. The molecule has 0 atom stereocenters. The van der Waals surface area contributed by atoms with Gasteiger partial charge in [-0.05, 0) is 44.5 Å². The molecule has 1 N–H and O–H groups in total. The number of rotatable bonds is 8. The Morgan fingerprint density at radius 2 is 2.16 bits per heavy atom. The summed E-state index contributed by atoms with van der Waals surface area (Å²) in [7, 11) is 2.06. The molecule has 0 unspecified atom stereocenters. The molecule has 0 fully saturated rings. The molecule has 0 aliphatic rings. The van der Waals surface area contributed by atoms with Crippen LogP contribution in [0.25, 0.3) is 0 Å². The second-order valence-electron chi connectivity index (χ2n) is 5.11. The van der Waals surface area contributed by atoms with E-state index >= 15 is 0 Å². The summed E-state index contributed by atoms with van der Waals surface area (Å²) >= 11 is 0. The predicted molar refractivity (Wildman–Crippen MR) is 80.7 cm³/mol. The third-order valence-electron chi connectivity index (χ3n) is 2.93. The van der Waals surface area contributed by atoms with Crippen LogP contribution in [0.15, 0.2) is 12.3 Å². The lowest BCUT2D eigenvalue weighted by molar-refractivity contribution is 0.0845. The number of hydrogen-bond acceptors (Lipinski definition) is 4. The topological polar surface area (TPSA) is 37.4 Å². The summed E-state index contributed by atoms with van der Waals surface area (Å²) in [4.78, 5) is 6.71. The van der Waals surface area contributed by atoms with E-state index in [9.17, 15) is 0 Å². The lowest BCUT2D eigenvalue weighted by Crippen LogP contribution is -2.25. The van der Waals surface area contributed by atoms with Gasteiger partial charge in [0.2, 0.25) is 0 Å². The van der Waals surface area contributed by atoms with Crippen LogP contribution >= 0.6 is 0 Å². The number of aryl methyl sites for hydroxylation is 1. The zero-order valence-corrected chi connectivity index (χ0v) is 12.9. The van der Waals surface area contributed by atoms with E-state index in [0.29, 0.717) is 0 Å². The minimum Gasteiger partial charge on any atom is -0.377 e. The molecule has 0 aliphatic carbocycles. The third-order valence-corrected chi connectivity index (χ3v) is 2.93. The molecule has 1 heterocycles. The molecule has 0 bridgehead atoms. The third kappa shape index (κ3) is 5.57. The van der Waals surface area contributed by atoms with E-state index in [0.717, 1.165) is 32.1 Å². The Balaban J connectivity index is 2.57. The molecule has 1 aromatic heterocycles. The van der Waals surface area contributed by atoms with Crippen LogP contribution in [0.5, 0.6) is 0 Å². The van der Waals surface area contributed by atoms with Gasteiger partial charge in [0.25, 0.3) is 0 Å². The van der Waals surface area contributed by atoms with Crippen molar-refractivity contribution in [2.24, 2.45) is 0 Å². The highest BCUT2D eigenvalue weighted by atomic mass is 16.5. The van der Waals surface area contributed by atoms with E-state index in [2.05, 4.69) is 56.0 Å². The molecule has 4 heteroatoms. The van der Waals surface area contributed by atoms with Crippen molar-refractivity contribution >= 4 is 5.82 Å². The monoisotopic (exact) mass is 265 g/mol. The van der Waals surface area contributed by atoms with Gasteiger partial charge < -0.3 is 15.0 Å². The standard InChI is InChI=1S/C15H27N3O/c1-6-16-10-14-9-13(4)15(17-11-14)18(5)7-8-19-12(2)3/h9,11-12,16H,6-8,10H2,1-5H3. The quantitative estimate of drug-likeness (QED) is 0.783. The Morgan fingerprint density at radius 1 is 1.42 bits per heavy atom. The largest absolute Gasteiger partial charge is 0.377 e. The van der Waals surface area contributed by atoms with Gasteiger partial charge in [0, 0.05) is 26.3 Å². The van der Waals surface area contributed by atoms with Crippen molar-refractivity contribution in [3.8, 4) is 0 Å². The predicted octanol–water partition coefficient (Wildman–Crippen LogP) is 2.36. The van der Waals surface area contributed by atoms with E-state index in [1.807, 2.05) is 6.20 Å². The molecular formula is C15H27N3O. The van der Waals surface area contributed by atoms with Crippen molar-refractivity contribution in [2.45, 2.75) is 40.3 Å². The van der Waals surface area contributed by atoms with Gasteiger partial charge in [0.1, 0.15) is 5.82 Å². The van der Waals surface area contributed by atoms with Crippen LogP contribution in [0.4, 0.5) is 5.82 Å². The first kappa shape index (κ1) is 15.9. The van der Waals surface area contributed by atoms with E-state index in [1.165, 1.54) is 11.1 Å². The lowest BCUT2D eigenvalue weighted by atomic mass is 10.2. The van der Waals surface area contributed by atoms with Crippen molar-refractivity contribution < 1.29 is 4.74 Å². The number of anilines is 1. The van der Waals surface area contributed by atoms with Gasteiger partial charge >= 0.3 is 0 Å². The first-order chi connectivity index (χ1) is 9.04. The maximum atomic E-state index is 5.57. The number of ether oxygens (including phenoxy) is 1. The van der Waals surface area contributed by atoms with Crippen LogP contribution < -0.4 is 10.2 Å². The van der Waals surface area contributed by atoms with Crippen molar-refractivity contribution in [1.29, 1.82) is 0 Å². The lowest BCUT2D eigenvalue weighted by Gasteiger charge is -2.21. The first-order valence-corrected chi connectivity index (χ1v) is 7.03. The minimum atomic E-state index is 0.282. The maximum Gasteiger partial charge on any atom is 0.131 e. The van der Waals surface area contributed by atoms with Crippen LogP contribution in [0.3, 0.4) is 0 Å². The fourth-order valence-electron chi connectivity index (χ4n) is 1.92. The summed E-state index contributed by atoms with van der Waals surface area (Å²) in [6.07, 6.45) is 2.23. The molecular weight excluding hydrogens is 238 g/mol. The Morgan fingerprint density at radius 3 is 2.74 bits per heavy atom. The van der Waals surface area contributed by atoms with Gasteiger partial charge in [-0.15, -0.1) is 0 Å². The van der Waals surface area contributed by atoms with Crippen LogP contribution in [-0.2, 0) is 11.3 Å². The molecule has 108 valence electrons.